The number of hydrogen-bond acceptors (Lipinski definition) is 4. The summed E-state index contributed by atoms with van der Waals surface area (Å²) in [7, 11) is 0. The van der Waals surface area contributed by atoms with Crippen molar-refractivity contribution in [2.45, 2.75) is 63.1 Å². The Labute approximate surface area is 167 Å². The Morgan fingerprint density at radius 1 is 1.15 bits per heavy atom. The molecule has 0 radical (unpaired) electrons. The molecular weight excluding hydrogens is 366 g/mol. The van der Waals surface area contributed by atoms with Crippen LogP contribution < -0.4 is 16.4 Å². The third kappa shape index (κ3) is 5.92. The summed E-state index contributed by atoms with van der Waals surface area (Å²) in [6.07, 6.45) is 6.81. The van der Waals surface area contributed by atoms with Crippen LogP contribution in [-0.2, 0) is 16.1 Å². The van der Waals surface area contributed by atoms with Gasteiger partial charge in [0.25, 0.3) is 5.91 Å². The summed E-state index contributed by atoms with van der Waals surface area (Å²) in [5.41, 5.74) is 7.00. The minimum Gasteiger partial charge on any atom is -0.376 e. The first-order valence-corrected chi connectivity index (χ1v) is 9.63. The first kappa shape index (κ1) is 21.7. The van der Waals surface area contributed by atoms with Crippen molar-refractivity contribution in [3.8, 4) is 0 Å². The molecule has 1 aromatic rings. The van der Waals surface area contributed by atoms with Gasteiger partial charge in [0.05, 0.1) is 11.6 Å². The first-order chi connectivity index (χ1) is 12.6. The van der Waals surface area contributed by atoms with Crippen molar-refractivity contribution < 1.29 is 14.3 Å². The molecule has 0 spiro atoms. The lowest BCUT2D eigenvalue weighted by molar-refractivity contribution is -0.127. The van der Waals surface area contributed by atoms with Crippen molar-refractivity contribution in [1.29, 1.82) is 0 Å². The van der Waals surface area contributed by atoms with E-state index in [1.54, 1.807) is 6.07 Å². The standard InChI is InChI=1S/C20H29N3O3.ClH/c21-20(9-2-1-3-10-20)19(25)23-13-15-6-4-7-16(12-15)18(24)22-14-17-8-5-11-26-17;/h4,6-7,12,17H,1-3,5,8-11,13-14,21H2,(H,22,24)(H,23,25);1H. The van der Waals surface area contributed by atoms with E-state index in [0.29, 0.717) is 18.7 Å². The molecule has 1 heterocycles. The molecule has 3 rings (SSSR count). The Kier molecular flexibility index (Phi) is 8.07. The second-order valence-electron chi connectivity index (χ2n) is 7.44. The molecule has 1 unspecified atom stereocenters. The Morgan fingerprint density at radius 2 is 1.93 bits per heavy atom. The monoisotopic (exact) mass is 395 g/mol. The van der Waals surface area contributed by atoms with Crippen LogP contribution in [0.15, 0.2) is 24.3 Å². The maximum atomic E-state index is 12.4. The van der Waals surface area contributed by atoms with Gasteiger partial charge in [0.2, 0.25) is 5.91 Å². The predicted octanol–water partition coefficient (Wildman–Crippen LogP) is 2.29. The molecule has 2 aliphatic rings. The molecule has 1 aromatic carbocycles. The predicted molar refractivity (Wildman–Crippen MR) is 107 cm³/mol. The molecule has 27 heavy (non-hydrogen) atoms. The average molecular weight is 396 g/mol. The van der Waals surface area contributed by atoms with E-state index in [1.165, 1.54) is 0 Å². The second kappa shape index (κ2) is 10.1. The van der Waals surface area contributed by atoms with Gasteiger partial charge < -0.3 is 21.1 Å². The number of nitrogens with one attached hydrogen (secondary N) is 2. The van der Waals surface area contributed by atoms with Crippen molar-refractivity contribution >= 4 is 24.2 Å². The zero-order chi connectivity index (χ0) is 18.4. The van der Waals surface area contributed by atoms with Gasteiger partial charge in [-0.25, -0.2) is 0 Å². The Hall–Kier alpha value is -1.63. The Morgan fingerprint density at radius 3 is 2.63 bits per heavy atom. The van der Waals surface area contributed by atoms with Gasteiger partial charge >= 0.3 is 0 Å². The lowest BCUT2D eigenvalue weighted by atomic mass is 9.82. The second-order valence-corrected chi connectivity index (χ2v) is 7.44. The highest BCUT2D eigenvalue weighted by molar-refractivity contribution is 5.94. The van der Waals surface area contributed by atoms with E-state index in [-0.39, 0.29) is 30.3 Å². The Bertz CT molecular complexity index is 641. The Balaban J connectivity index is 0.00000261. The number of carbonyl (C=O) groups excluding carboxylic acids is 2. The van der Waals surface area contributed by atoms with E-state index in [9.17, 15) is 9.59 Å². The molecule has 1 atom stereocenters. The zero-order valence-electron chi connectivity index (χ0n) is 15.7. The van der Waals surface area contributed by atoms with Crippen molar-refractivity contribution in [2.24, 2.45) is 5.73 Å². The summed E-state index contributed by atoms with van der Waals surface area (Å²) >= 11 is 0. The number of nitrogens with two attached hydrogens (primary N) is 1. The number of ether oxygens (including phenoxy) is 1. The van der Waals surface area contributed by atoms with Crippen LogP contribution in [0.25, 0.3) is 0 Å². The highest BCUT2D eigenvalue weighted by atomic mass is 35.5. The molecule has 2 fully saturated rings. The number of halogens is 1. The molecule has 0 aromatic heterocycles. The summed E-state index contributed by atoms with van der Waals surface area (Å²) in [5, 5.41) is 5.86. The van der Waals surface area contributed by atoms with Crippen molar-refractivity contribution in [1.82, 2.24) is 10.6 Å². The summed E-state index contributed by atoms with van der Waals surface area (Å²) in [6, 6.07) is 7.33. The van der Waals surface area contributed by atoms with E-state index in [1.807, 2.05) is 18.2 Å². The van der Waals surface area contributed by atoms with Gasteiger partial charge in [-0.15, -0.1) is 12.4 Å². The summed E-state index contributed by atoms with van der Waals surface area (Å²) in [6.45, 7) is 1.69. The van der Waals surface area contributed by atoms with Gasteiger partial charge in [-0.1, -0.05) is 31.4 Å². The summed E-state index contributed by atoms with van der Waals surface area (Å²) in [4.78, 5) is 24.7. The molecule has 4 N–H and O–H groups in total. The number of carbonyl (C=O) groups is 2. The van der Waals surface area contributed by atoms with Gasteiger partial charge in [0, 0.05) is 25.3 Å². The fourth-order valence-corrected chi connectivity index (χ4v) is 3.70. The molecule has 2 amide bonds. The van der Waals surface area contributed by atoms with Gasteiger partial charge in [0.1, 0.15) is 0 Å². The highest BCUT2D eigenvalue weighted by Crippen LogP contribution is 2.26. The molecular formula is C20H30ClN3O3. The van der Waals surface area contributed by atoms with E-state index in [2.05, 4.69) is 10.6 Å². The van der Waals surface area contributed by atoms with E-state index >= 15 is 0 Å². The van der Waals surface area contributed by atoms with Crippen LogP contribution in [0.1, 0.15) is 60.9 Å². The summed E-state index contributed by atoms with van der Waals surface area (Å²) in [5.74, 6) is -0.207. The largest absolute Gasteiger partial charge is 0.376 e. The number of rotatable bonds is 6. The van der Waals surface area contributed by atoms with Gasteiger partial charge in [-0.05, 0) is 43.4 Å². The maximum absolute atomic E-state index is 12.4. The topological polar surface area (TPSA) is 93.5 Å². The zero-order valence-corrected chi connectivity index (χ0v) is 16.5. The van der Waals surface area contributed by atoms with Crippen LogP contribution >= 0.6 is 12.4 Å². The SMILES string of the molecule is Cl.NC1(C(=O)NCc2cccc(C(=O)NCC3CCCO3)c2)CCCCC1. The van der Waals surface area contributed by atoms with Gasteiger partial charge in [-0.3, -0.25) is 9.59 Å². The fourth-order valence-electron chi connectivity index (χ4n) is 3.70. The maximum Gasteiger partial charge on any atom is 0.251 e. The lowest BCUT2D eigenvalue weighted by Crippen LogP contribution is -2.54. The average Bonchev–Trinajstić information content (AvgIpc) is 3.18. The normalized spacial score (nSPS) is 21.1. The first-order valence-electron chi connectivity index (χ1n) is 9.63. The van der Waals surface area contributed by atoms with Crippen molar-refractivity contribution in [3.63, 3.8) is 0 Å². The highest BCUT2D eigenvalue weighted by Gasteiger charge is 2.34. The molecule has 1 saturated heterocycles. The van der Waals surface area contributed by atoms with E-state index in [0.717, 1.165) is 57.1 Å². The van der Waals surface area contributed by atoms with Crippen LogP contribution in [0.3, 0.4) is 0 Å². The molecule has 7 heteroatoms. The van der Waals surface area contributed by atoms with Crippen LogP contribution in [0.4, 0.5) is 0 Å². The van der Waals surface area contributed by atoms with Crippen LogP contribution in [0.2, 0.25) is 0 Å². The smallest absolute Gasteiger partial charge is 0.251 e. The molecule has 0 bridgehead atoms. The van der Waals surface area contributed by atoms with Crippen LogP contribution in [0.5, 0.6) is 0 Å². The van der Waals surface area contributed by atoms with Gasteiger partial charge in [0.15, 0.2) is 0 Å². The molecule has 1 aliphatic heterocycles. The fraction of sp³-hybridized carbons (Fsp3) is 0.600. The molecule has 150 valence electrons. The molecule has 1 saturated carbocycles. The summed E-state index contributed by atoms with van der Waals surface area (Å²) < 4.78 is 5.52. The van der Waals surface area contributed by atoms with Crippen molar-refractivity contribution in [3.05, 3.63) is 35.4 Å². The number of hydrogen-bond donors (Lipinski definition) is 3. The number of amides is 2. The molecule has 6 nitrogen and oxygen atoms in total. The van der Waals surface area contributed by atoms with Crippen LogP contribution in [-0.4, -0.2) is 36.6 Å². The number of benzene rings is 1. The van der Waals surface area contributed by atoms with Crippen LogP contribution in [0, 0.1) is 0 Å². The van der Waals surface area contributed by atoms with E-state index in [4.69, 9.17) is 10.5 Å². The quantitative estimate of drug-likeness (QED) is 0.688. The third-order valence-corrected chi connectivity index (χ3v) is 5.35. The third-order valence-electron chi connectivity index (χ3n) is 5.35. The lowest BCUT2D eigenvalue weighted by Gasteiger charge is -2.31. The van der Waals surface area contributed by atoms with Gasteiger partial charge in [-0.2, -0.15) is 0 Å². The minimum absolute atomic E-state index is 0. The minimum atomic E-state index is -0.742. The van der Waals surface area contributed by atoms with Crippen molar-refractivity contribution in [2.75, 3.05) is 13.2 Å². The van der Waals surface area contributed by atoms with E-state index < -0.39 is 5.54 Å². The molecule has 1 aliphatic carbocycles.